The van der Waals surface area contributed by atoms with E-state index in [1.54, 1.807) is 12.3 Å². The standard InChI is InChI=1S/C19H14ClFN6/c20-13-9-12(6-7-14(13)21)26-18-16(22)19(25-10-24-18)27-15-5-1-3-11-4-2-8-23-17(11)15/h1-10H,22H2,(H2,24,25,26,27). The van der Waals surface area contributed by atoms with E-state index in [0.717, 1.165) is 16.6 Å². The van der Waals surface area contributed by atoms with Crippen LogP contribution in [0.3, 0.4) is 0 Å². The zero-order chi connectivity index (χ0) is 18.8. The van der Waals surface area contributed by atoms with Gasteiger partial charge in [0.15, 0.2) is 11.6 Å². The van der Waals surface area contributed by atoms with Crippen molar-refractivity contribution >= 4 is 51.2 Å². The largest absolute Gasteiger partial charge is 0.393 e. The molecule has 134 valence electrons. The number of rotatable bonds is 4. The maximum atomic E-state index is 13.3. The summed E-state index contributed by atoms with van der Waals surface area (Å²) in [6.45, 7) is 0. The van der Waals surface area contributed by atoms with E-state index < -0.39 is 5.82 Å². The molecule has 0 radical (unpaired) electrons. The Hall–Kier alpha value is -3.45. The first-order chi connectivity index (χ1) is 13.1. The van der Waals surface area contributed by atoms with Crippen molar-refractivity contribution in [3.05, 3.63) is 71.9 Å². The van der Waals surface area contributed by atoms with E-state index in [9.17, 15) is 4.39 Å². The average Bonchev–Trinajstić information content (AvgIpc) is 2.68. The molecule has 4 aromatic rings. The maximum Gasteiger partial charge on any atom is 0.159 e. The lowest BCUT2D eigenvalue weighted by molar-refractivity contribution is 0.628. The zero-order valence-electron chi connectivity index (χ0n) is 13.9. The molecule has 4 N–H and O–H groups in total. The number of benzene rings is 2. The molecule has 6 nitrogen and oxygen atoms in total. The smallest absolute Gasteiger partial charge is 0.159 e. The monoisotopic (exact) mass is 380 g/mol. The third-order valence-electron chi connectivity index (χ3n) is 3.95. The Kier molecular flexibility index (Phi) is 4.43. The number of hydrogen-bond donors (Lipinski definition) is 3. The van der Waals surface area contributed by atoms with E-state index in [4.69, 9.17) is 17.3 Å². The van der Waals surface area contributed by atoms with Crippen LogP contribution in [0.2, 0.25) is 5.02 Å². The zero-order valence-corrected chi connectivity index (χ0v) is 14.7. The van der Waals surface area contributed by atoms with Gasteiger partial charge in [0.2, 0.25) is 0 Å². The van der Waals surface area contributed by atoms with Crippen LogP contribution in [0.5, 0.6) is 0 Å². The van der Waals surface area contributed by atoms with Crippen molar-refractivity contribution in [1.29, 1.82) is 0 Å². The summed E-state index contributed by atoms with van der Waals surface area (Å²) in [6, 6.07) is 13.9. The van der Waals surface area contributed by atoms with E-state index in [1.165, 1.54) is 18.5 Å². The summed E-state index contributed by atoms with van der Waals surface area (Å²) in [4.78, 5) is 12.8. The third kappa shape index (κ3) is 3.45. The highest BCUT2D eigenvalue weighted by Crippen LogP contribution is 2.31. The minimum atomic E-state index is -0.497. The minimum Gasteiger partial charge on any atom is -0.393 e. The number of pyridine rings is 1. The van der Waals surface area contributed by atoms with Gasteiger partial charge in [-0.25, -0.2) is 14.4 Å². The number of para-hydroxylation sites is 1. The van der Waals surface area contributed by atoms with Crippen LogP contribution in [-0.4, -0.2) is 15.0 Å². The first-order valence-corrected chi connectivity index (χ1v) is 8.43. The Balaban J connectivity index is 1.66. The minimum absolute atomic E-state index is 0.00723. The molecule has 4 rings (SSSR count). The van der Waals surface area contributed by atoms with Gasteiger partial charge in [0.1, 0.15) is 17.8 Å². The van der Waals surface area contributed by atoms with Gasteiger partial charge in [-0.15, -0.1) is 0 Å². The first-order valence-electron chi connectivity index (χ1n) is 8.05. The number of nitrogen functional groups attached to an aromatic ring is 1. The fourth-order valence-electron chi connectivity index (χ4n) is 2.64. The lowest BCUT2D eigenvalue weighted by Gasteiger charge is -2.13. The molecule has 0 saturated heterocycles. The van der Waals surface area contributed by atoms with Crippen molar-refractivity contribution in [2.45, 2.75) is 0 Å². The van der Waals surface area contributed by atoms with Crippen molar-refractivity contribution in [3.8, 4) is 0 Å². The molecule has 2 heterocycles. The summed E-state index contributed by atoms with van der Waals surface area (Å²) in [6.07, 6.45) is 3.10. The van der Waals surface area contributed by atoms with Gasteiger partial charge in [-0.3, -0.25) is 4.98 Å². The summed E-state index contributed by atoms with van der Waals surface area (Å²) in [5.74, 6) is 0.311. The van der Waals surface area contributed by atoms with Gasteiger partial charge in [-0.05, 0) is 30.3 Å². The number of anilines is 5. The Labute approximate surface area is 159 Å². The lowest BCUT2D eigenvalue weighted by atomic mass is 10.2. The SMILES string of the molecule is Nc1c(Nc2ccc(F)c(Cl)c2)ncnc1Nc1cccc2cccnc12. The second-order valence-electron chi connectivity index (χ2n) is 5.74. The van der Waals surface area contributed by atoms with E-state index in [0.29, 0.717) is 23.0 Å². The highest BCUT2D eigenvalue weighted by molar-refractivity contribution is 6.31. The average molecular weight is 381 g/mol. The predicted octanol–water partition coefficient (Wildman–Crippen LogP) is 4.89. The van der Waals surface area contributed by atoms with Crippen molar-refractivity contribution in [1.82, 2.24) is 15.0 Å². The second kappa shape index (κ2) is 7.05. The number of nitrogens with one attached hydrogen (secondary N) is 2. The molecule has 0 aliphatic heterocycles. The van der Waals surface area contributed by atoms with Crippen LogP contribution in [-0.2, 0) is 0 Å². The summed E-state index contributed by atoms with van der Waals surface area (Å²) in [5.41, 5.74) is 8.66. The van der Waals surface area contributed by atoms with Crippen molar-refractivity contribution in [3.63, 3.8) is 0 Å². The van der Waals surface area contributed by atoms with Gasteiger partial charge in [0.05, 0.1) is 16.2 Å². The Morgan fingerprint density at radius 3 is 2.52 bits per heavy atom. The quantitative estimate of drug-likeness (QED) is 0.467. The molecular formula is C19H14ClFN6. The molecule has 0 fully saturated rings. The first kappa shape index (κ1) is 17.0. The topological polar surface area (TPSA) is 88.8 Å². The molecule has 0 spiro atoms. The number of hydrogen-bond acceptors (Lipinski definition) is 6. The van der Waals surface area contributed by atoms with Crippen molar-refractivity contribution < 1.29 is 4.39 Å². The van der Waals surface area contributed by atoms with Crippen LogP contribution < -0.4 is 16.4 Å². The van der Waals surface area contributed by atoms with E-state index in [1.807, 2.05) is 30.3 Å². The van der Waals surface area contributed by atoms with Gasteiger partial charge < -0.3 is 16.4 Å². The fourth-order valence-corrected chi connectivity index (χ4v) is 2.82. The van der Waals surface area contributed by atoms with Crippen LogP contribution in [0, 0.1) is 5.82 Å². The second-order valence-corrected chi connectivity index (χ2v) is 6.15. The molecule has 27 heavy (non-hydrogen) atoms. The summed E-state index contributed by atoms with van der Waals surface area (Å²) in [5, 5.41) is 7.22. The van der Waals surface area contributed by atoms with Crippen LogP contribution in [0.25, 0.3) is 10.9 Å². The number of fused-ring (bicyclic) bond motifs is 1. The van der Waals surface area contributed by atoms with Gasteiger partial charge in [0.25, 0.3) is 0 Å². The molecule has 0 aliphatic rings. The maximum absolute atomic E-state index is 13.3. The van der Waals surface area contributed by atoms with E-state index in [-0.39, 0.29) is 5.02 Å². The van der Waals surface area contributed by atoms with E-state index in [2.05, 4.69) is 25.6 Å². The normalized spacial score (nSPS) is 10.7. The molecule has 0 bridgehead atoms. The Morgan fingerprint density at radius 1 is 0.926 bits per heavy atom. The number of nitrogens with two attached hydrogens (primary N) is 1. The van der Waals surface area contributed by atoms with E-state index >= 15 is 0 Å². The molecule has 2 aromatic carbocycles. The van der Waals surface area contributed by atoms with Crippen LogP contribution in [0.15, 0.2) is 61.1 Å². The van der Waals surface area contributed by atoms with Crippen molar-refractivity contribution in [2.75, 3.05) is 16.4 Å². The molecule has 0 atom stereocenters. The number of nitrogens with zero attached hydrogens (tertiary/aromatic N) is 3. The van der Waals surface area contributed by atoms with Crippen LogP contribution in [0.1, 0.15) is 0 Å². The fraction of sp³-hybridized carbons (Fsp3) is 0. The number of halogens is 2. The molecule has 8 heteroatoms. The van der Waals surface area contributed by atoms with Crippen molar-refractivity contribution in [2.24, 2.45) is 0 Å². The third-order valence-corrected chi connectivity index (χ3v) is 4.24. The molecule has 0 aliphatic carbocycles. The van der Waals surface area contributed by atoms with Gasteiger partial charge in [-0.1, -0.05) is 29.8 Å². The van der Waals surface area contributed by atoms with Gasteiger partial charge in [0, 0.05) is 17.3 Å². The molecule has 0 saturated carbocycles. The highest BCUT2D eigenvalue weighted by Gasteiger charge is 2.11. The predicted molar refractivity (Wildman–Crippen MR) is 106 cm³/mol. The molecule has 0 unspecified atom stereocenters. The van der Waals surface area contributed by atoms with Gasteiger partial charge in [-0.2, -0.15) is 0 Å². The number of aromatic nitrogens is 3. The van der Waals surface area contributed by atoms with Gasteiger partial charge >= 0.3 is 0 Å². The summed E-state index contributed by atoms with van der Waals surface area (Å²) < 4.78 is 13.3. The van der Waals surface area contributed by atoms with Crippen LogP contribution >= 0.6 is 11.6 Å². The molecular weight excluding hydrogens is 367 g/mol. The summed E-state index contributed by atoms with van der Waals surface area (Å²) >= 11 is 5.82. The van der Waals surface area contributed by atoms with Crippen LogP contribution in [0.4, 0.5) is 33.1 Å². The Bertz CT molecular complexity index is 1130. The molecule has 2 aromatic heterocycles. The molecule has 0 amide bonds. The highest BCUT2D eigenvalue weighted by atomic mass is 35.5. The summed E-state index contributed by atoms with van der Waals surface area (Å²) in [7, 11) is 0. The lowest BCUT2D eigenvalue weighted by Crippen LogP contribution is -2.05. The Morgan fingerprint density at radius 2 is 1.70 bits per heavy atom.